The fraction of sp³-hybridized carbons (Fsp3) is 0.615. The first-order chi connectivity index (χ1) is 7.17. The van der Waals surface area contributed by atoms with E-state index in [2.05, 4.69) is 24.9 Å². The maximum atomic E-state index is 6.19. The Morgan fingerprint density at radius 3 is 2.53 bits per heavy atom. The lowest BCUT2D eigenvalue weighted by molar-refractivity contribution is 0.414. The van der Waals surface area contributed by atoms with Crippen LogP contribution in [0.5, 0.6) is 0 Å². The number of aromatic nitrogens is 1. The molecule has 0 aliphatic carbocycles. The highest BCUT2D eigenvalue weighted by atomic mass is 14.7. The number of hydrogen-bond acceptors (Lipinski definition) is 2. The molecule has 2 heteroatoms. The van der Waals surface area contributed by atoms with Gasteiger partial charge in [-0.05, 0) is 37.0 Å². The van der Waals surface area contributed by atoms with Crippen molar-refractivity contribution in [1.82, 2.24) is 4.98 Å². The van der Waals surface area contributed by atoms with Crippen LogP contribution in [-0.4, -0.2) is 4.98 Å². The molecule has 2 N–H and O–H groups in total. The Bertz CT molecular complexity index is 292. The summed E-state index contributed by atoms with van der Waals surface area (Å²) in [7, 11) is 0. The zero-order chi connectivity index (χ0) is 11.3. The second kappa shape index (κ2) is 5.86. The summed E-state index contributed by atoms with van der Waals surface area (Å²) in [4.78, 5) is 4.19. The van der Waals surface area contributed by atoms with Crippen molar-refractivity contribution >= 4 is 0 Å². The highest BCUT2D eigenvalue weighted by Gasteiger charge is 2.12. The van der Waals surface area contributed by atoms with Gasteiger partial charge < -0.3 is 5.73 Å². The molecule has 0 spiro atoms. The highest BCUT2D eigenvalue weighted by Crippen LogP contribution is 2.23. The number of hydrogen-bond donors (Lipinski definition) is 1. The normalized spacial score (nSPS) is 13.1. The van der Waals surface area contributed by atoms with Crippen LogP contribution < -0.4 is 5.73 Å². The monoisotopic (exact) mass is 206 g/mol. The van der Waals surface area contributed by atoms with Gasteiger partial charge in [-0.3, -0.25) is 4.98 Å². The van der Waals surface area contributed by atoms with Crippen molar-refractivity contribution < 1.29 is 0 Å². The van der Waals surface area contributed by atoms with Crippen molar-refractivity contribution in [3.8, 4) is 0 Å². The predicted molar refractivity (Wildman–Crippen MR) is 64.6 cm³/mol. The van der Waals surface area contributed by atoms with Crippen molar-refractivity contribution in [2.45, 2.75) is 46.1 Å². The van der Waals surface area contributed by atoms with E-state index in [-0.39, 0.29) is 6.04 Å². The molecule has 0 aliphatic heterocycles. The van der Waals surface area contributed by atoms with Gasteiger partial charge in [0, 0.05) is 17.9 Å². The molecule has 0 amide bonds. The van der Waals surface area contributed by atoms with Gasteiger partial charge in [0.1, 0.15) is 0 Å². The summed E-state index contributed by atoms with van der Waals surface area (Å²) >= 11 is 0. The van der Waals surface area contributed by atoms with E-state index in [1.165, 1.54) is 18.4 Å². The summed E-state index contributed by atoms with van der Waals surface area (Å²) in [6.07, 6.45) is 5.36. The summed E-state index contributed by atoms with van der Waals surface area (Å²) in [6, 6.07) is 4.28. The van der Waals surface area contributed by atoms with Crippen LogP contribution in [0.25, 0.3) is 0 Å². The zero-order valence-corrected chi connectivity index (χ0v) is 10.0. The summed E-state index contributed by atoms with van der Waals surface area (Å²) < 4.78 is 0. The second-order valence-corrected chi connectivity index (χ2v) is 4.26. The molecule has 0 aromatic carbocycles. The number of rotatable bonds is 5. The Balaban J connectivity index is 2.64. The van der Waals surface area contributed by atoms with E-state index in [1.54, 1.807) is 0 Å². The van der Waals surface area contributed by atoms with Crippen molar-refractivity contribution in [2.75, 3.05) is 0 Å². The van der Waals surface area contributed by atoms with E-state index >= 15 is 0 Å². The third-order valence-electron chi connectivity index (χ3n) is 3.09. The summed E-state index contributed by atoms with van der Waals surface area (Å²) in [5, 5.41) is 0. The number of pyridine rings is 1. The first kappa shape index (κ1) is 12.2. The molecule has 1 atom stereocenters. The number of nitrogens with zero attached hydrogens (tertiary/aromatic N) is 1. The van der Waals surface area contributed by atoms with E-state index in [1.807, 2.05) is 19.2 Å². The number of nitrogens with two attached hydrogens (primary N) is 1. The van der Waals surface area contributed by atoms with Crippen molar-refractivity contribution in [3.05, 3.63) is 29.6 Å². The van der Waals surface area contributed by atoms with Gasteiger partial charge in [0.25, 0.3) is 0 Å². The molecular weight excluding hydrogens is 184 g/mol. The molecule has 84 valence electrons. The van der Waals surface area contributed by atoms with Crippen LogP contribution in [0.3, 0.4) is 0 Å². The van der Waals surface area contributed by atoms with Crippen LogP contribution in [-0.2, 0) is 0 Å². The lowest BCUT2D eigenvalue weighted by atomic mass is 9.92. The molecule has 2 nitrogen and oxygen atoms in total. The molecular formula is C13H22N2. The molecule has 0 aliphatic rings. The minimum Gasteiger partial charge on any atom is -0.324 e. The largest absolute Gasteiger partial charge is 0.324 e. The molecule has 1 aromatic rings. The minimum absolute atomic E-state index is 0.164. The molecule has 0 fully saturated rings. The molecule has 1 rings (SSSR count). The van der Waals surface area contributed by atoms with Crippen LogP contribution in [0.1, 0.15) is 50.4 Å². The van der Waals surface area contributed by atoms with E-state index < -0.39 is 0 Å². The standard InChI is InChI=1S/C13H22N2/c1-4-11(5-2)9-13(14)12-6-7-15-10(3)8-12/h6-8,11,13H,4-5,9,14H2,1-3H3. The van der Waals surface area contributed by atoms with Crippen molar-refractivity contribution in [2.24, 2.45) is 11.7 Å². The van der Waals surface area contributed by atoms with E-state index in [4.69, 9.17) is 5.73 Å². The summed E-state index contributed by atoms with van der Waals surface area (Å²) in [6.45, 7) is 6.48. The minimum atomic E-state index is 0.164. The van der Waals surface area contributed by atoms with Crippen LogP contribution in [0.2, 0.25) is 0 Å². The molecule has 0 bridgehead atoms. The SMILES string of the molecule is CCC(CC)CC(N)c1ccnc(C)c1. The van der Waals surface area contributed by atoms with Crippen molar-refractivity contribution in [3.63, 3.8) is 0 Å². The van der Waals surface area contributed by atoms with Gasteiger partial charge in [0.2, 0.25) is 0 Å². The van der Waals surface area contributed by atoms with Gasteiger partial charge in [0.05, 0.1) is 0 Å². The van der Waals surface area contributed by atoms with Crippen LogP contribution >= 0.6 is 0 Å². The third-order valence-corrected chi connectivity index (χ3v) is 3.09. The topological polar surface area (TPSA) is 38.9 Å². The maximum Gasteiger partial charge on any atom is 0.0375 e. The Morgan fingerprint density at radius 1 is 1.33 bits per heavy atom. The van der Waals surface area contributed by atoms with Gasteiger partial charge in [-0.1, -0.05) is 26.7 Å². The first-order valence-corrected chi connectivity index (χ1v) is 5.85. The first-order valence-electron chi connectivity index (χ1n) is 5.85. The Hall–Kier alpha value is -0.890. The van der Waals surface area contributed by atoms with Crippen LogP contribution in [0.4, 0.5) is 0 Å². The summed E-state index contributed by atoms with van der Waals surface area (Å²) in [5.74, 6) is 0.744. The van der Waals surface area contributed by atoms with Crippen LogP contribution in [0.15, 0.2) is 18.3 Å². The van der Waals surface area contributed by atoms with Gasteiger partial charge >= 0.3 is 0 Å². The lowest BCUT2D eigenvalue weighted by Gasteiger charge is -2.18. The molecule has 1 heterocycles. The number of aryl methyl sites for hydroxylation is 1. The zero-order valence-electron chi connectivity index (χ0n) is 10.0. The van der Waals surface area contributed by atoms with Gasteiger partial charge in [-0.25, -0.2) is 0 Å². The highest BCUT2D eigenvalue weighted by molar-refractivity contribution is 5.18. The van der Waals surface area contributed by atoms with Gasteiger partial charge in [-0.2, -0.15) is 0 Å². The Kier molecular flexibility index (Phi) is 4.76. The fourth-order valence-electron chi connectivity index (χ4n) is 1.92. The molecule has 0 radical (unpaired) electrons. The maximum absolute atomic E-state index is 6.19. The second-order valence-electron chi connectivity index (χ2n) is 4.26. The molecule has 15 heavy (non-hydrogen) atoms. The smallest absolute Gasteiger partial charge is 0.0375 e. The van der Waals surface area contributed by atoms with Gasteiger partial charge in [0.15, 0.2) is 0 Å². The van der Waals surface area contributed by atoms with E-state index in [9.17, 15) is 0 Å². The lowest BCUT2D eigenvalue weighted by Crippen LogP contribution is -2.15. The quantitative estimate of drug-likeness (QED) is 0.803. The summed E-state index contributed by atoms with van der Waals surface area (Å²) in [5.41, 5.74) is 8.45. The Morgan fingerprint density at radius 2 is 2.00 bits per heavy atom. The van der Waals surface area contributed by atoms with Crippen molar-refractivity contribution in [1.29, 1.82) is 0 Å². The molecule has 0 saturated heterocycles. The van der Waals surface area contributed by atoms with E-state index in [0.717, 1.165) is 18.0 Å². The third kappa shape index (κ3) is 3.63. The average molecular weight is 206 g/mol. The van der Waals surface area contributed by atoms with E-state index in [0.29, 0.717) is 0 Å². The fourth-order valence-corrected chi connectivity index (χ4v) is 1.92. The molecule has 1 aromatic heterocycles. The molecule has 0 saturated carbocycles. The average Bonchev–Trinajstić information content (AvgIpc) is 2.25. The van der Waals surface area contributed by atoms with Gasteiger partial charge in [-0.15, -0.1) is 0 Å². The van der Waals surface area contributed by atoms with Crippen LogP contribution in [0, 0.1) is 12.8 Å². The Labute approximate surface area is 92.9 Å². The molecule has 1 unspecified atom stereocenters. The predicted octanol–water partition coefficient (Wildman–Crippen LogP) is 3.22.